The van der Waals surface area contributed by atoms with Crippen LogP contribution in [0.2, 0.25) is 0 Å². The van der Waals surface area contributed by atoms with Crippen molar-refractivity contribution in [1.82, 2.24) is 9.55 Å². The van der Waals surface area contributed by atoms with Gasteiger partial charge in [-0.15, -0.1) is 0 Å². The van der Waals surface area contributed by atoms with Gasteiger partial charge in [-0.05, 0) is 59.7 Å². The minimum atomic E-state index is -3.27. The van der Waals surface area contributed by atoms with Crippen molar-refractivity contribution in [3.05, 3.63) is 78.6 Å². The average Bonchev–Trinajstić information content (AvgIpc) is 3.06. The lowest BCUT2D eigenvalue weighted by molar-refractivity contribution is 0.509. The second-order valence-electron chi connectivity index (χ2n) is 6.21. The predicted molar refractivity (Wildman–Crippen MR) is 99.5 cm³/mol. The molecule has 0 bridgehead atoms. The first kappa shape index (κ1) is 17.4. The lowest BCUT2D eigenvalue weighted by Crippen LogP contribution is -1.98. The minimum Gasteiger partial charge on any atom is -0.299 e. The number of imidazole rings is 1. The Balaban J connectivity index is 1.82. The summed E-state index contributed by atoms with van der Waals surface area (Å²) in [5.74, 6) is -1.80. The van der Waals surface area contributed by atoms with Crippen LogP contribution in [0.25, 0.3) is 27.8 Å². The molecular weight excluding hydrogens is 370 g/mol. The van der Waals surface area contributed by atoms with E-state index >= 15 is 0 Å². The van der Waals surface area contributed by atoms with E-state index in [0.29, 0.717) is 5.56 Å². The summed E-state index contributed by atoms with van der Waals surface area (Å²) in [5.41, 5.74) is 3.51. The van der Waals surface area contributed by atoms with Crippen molar-refractivity contribution in [2.45, 2.75) is 4.90 Å². The summed E-state index contributed by atoms with van der Waals surface area (Å²) in [6.07, 6.45) is 2.79. The maximum absolute atomic E-state index is 13.6. The molecule has 27 heavy (non-hydrogen) atoms. The van der Waals surface area contributed by atoms with Gasteiger partial charge in [0.2, 0.25) is 0 Å². The third kappa shape index (κ3) is 3.21. The number of sulfone groups is 1. The van der Waals surface area contributed by atoms with E-state index in [2.05, 4.69) is 4.98 Å². The molecule has 0 amide bonds. The Labute approximate surface area is 154 Å². The molecule has 7 heteroatoms. The molecule has 1 aromatic heterocycles. The first-order valence-corrected chi connectivity index (χ1v) is 9.95. The van der Waals surface area contributed by atoms with E-state index in [-0.39, 0.29) is 4.90 Å². The molecule has 1 heterocycles. The Bertz CT molecular complexity index is 1260. The highest BCUT2D eigenvalue weighted by molar-refractivity contribution is 7.90. The van der Waals surface area contributed by atoms with Gasteiger partial charge in [-0.3, -0.25) is 4.57 Å². The molecule has 136 valence electrons. The zero-order valence-corrected chi connectivity index (χ0v) is 15.0. The predicted octanol–water partition coefficient (Wildman–Crippen LogP) is 4.37. The first-order valence-electron chi connectivity index (χ1n) is 8.06. The van der Waals surface area contributed by atoms with Gasteiger partial charge in [0.25, 0.3) is 0 Å². The number of fused-ring (bicyclic) bond motifs is 1. The van der Waals surface area contributed by atoms with E-state index in [1.807, 2.05) is 10.6 Å². The SMILES string of the molecule is CS(=O)(=O)c1ccc(-n2cnc3ccc(-c4ccc(F)c(F)c4)cc32)cc1. The van der Waals surface area contributed by atoms with Crippen LogP contribution in [-0.2, 0) is 9.84 Å². The molecule has 3 aromatic carbocycles. The van der Waals surface area contributed by atoms with Crippen LogP contribution in [0.1, 0.15) is 0 Å². The quantitative estimate of drug-likeness (QED) is 0.527. The summed E-state index contributed by atoms with van der Waals surface area (Å²) in [6, 6.07) is 15.6. The highest BCUT2D eigenvalue weighted by atomic mass is 32.2. The van der Waals surface area contributed by atoms with E-state index in [4.69, 9.17) is 0 Å². The van der Waals surface area contributed by atoms with Gasteiger partial charge in [0.05, 0.1) is 15.9 Å². The second kappa shape index (κ2) is 6.28. The van der Waals surface area contributed by atoms with Gasteiger partial charge in [0, 0.05) is 11.9 Å². The van der Waals surface area contributed by atoms with Crippen LogP contribution in [0.15, 0.2) is 71.9 Å². The van der Waals surface area contributed by atoms with Crippen LogP contribution in [0.3, 0.4) is 0 Å². The van der Waals surface area contributed by atoms with Crippen molar-refractivity contribution in [1.29, 1.82) is 0 Å². The van der Waals surface area contributed by atoms with Gasteiger partial charge in [-0.25, -0.2) is 22.2 Å². The molecule has 4 aromatic rings. The Morgan fingerprint density at radius 1 is 0.852 bits per heavy atom. The summed E-state index contributed by atoms with van der Waals surface area (Å²) in [4.78, 5) is 4.58. The highest BCUT2D eigenvalue weighted by Gasteiger charge is 2.11. The van der Waals surface area contributed by atoms with Crippen molar-refractivity contribution >= 4 is 20.9 Å². The Morgan fingerprint density at radius 3 is 2.19 bits per heavy atom. The van der Waals surface area contributed by atoms with Crippen LogP contribution < -0.4 is 0 Å². The van der Waals surface area contributed by atoms with E-state index < -0.39 is 21.5 Å². The van der Waals surface area contributed by atoms with Gasteiger partial charge in [0.1, 0.15) is 6.33 Å². The molecule has 0 spiro atoms. The molecule has 4 rings (SSSR count). The lowest BCUT2D eigenvalue weighted by atomic mass is 10.0. The smallest absolute Gasteiger partial charge is 0.175 e. The summed E-state index contributed by atoms with van der Waals surface area (Å²) < 4.78 is 51.8. The van der Waals surface area contributed by atoms with Crippen LogP contribution in [0.5, 0.6) is 0 Å². The largest absolute Gasteiger partial charge is 0.299 e. The van der Waals surface area contributed by atoms with Crippen LogP contribution in [-0.4, -0.2) is 24.2 Å². The number of nitrogens with zero attached hydrogens (tertiary/aromatic N) is 2. The van der Waals surface area contributed by atoms with Crippen molar-refractivity contribution in [3.63, 3.8) is 0 Å². The summed E-state index contributed by atoms with van der Waals surface area (Å²) >= 11 is 0. The average molecular weight is 384 g/mol. The van der Waals surface area contributed by atoms with Gasteiger partial charge >= 0.3 is 0 Å². The zero-order valence-electron chi connectivity index (χ0n) is 14.2. The number of benzene rings is 3. The van der Waals surface area contributed by atoms with Gasteiger partial charge in [0.15, 0.2) is 21.5 Å². The third-order valence-electron chi connectivity index (χ3n) is 4.34. The fourth-order valence-electron chi connectivity index (χ4n) is 2.92. The van der Waals surface area contributed by atoms with Crippen LogP contribution in [0, 0.1) is 11.6 Å². The molecule has 0 saturated heterocycles. The van der Waals surface area contributed by atoms with Gasteiger partial charge < -0.3 is 0 Å². The number of halogens is 2. The molecule has 0 unspecified atom stereocenters. The van der Waals surface area contributed by atoms with Crippen molar-refractivity contribution in [3.8, 4) is 16.8 Å². The number of rotatable bonds is 3. The third-order valence-corrected chi connectivity index (χ3v) is 5.47. The number of hydrogen-bond acceptors (Lipinski definition) is 3. The molecule has 0 fully saturated rings. The zero-order chi connectivity index (χ0) is 19.2. The Kier molecular flexibility index (Phi) is 4.04. The summed E-state index contributed by atoms with van der Waals surface area (Å²) in [5, 5.41) is 0. The summed E-state index contributed by atoms with van der Waals surface area (Å²) in [7, 11) is -3.27. The minimum absolute atomic E-state index is 0.234. The Morgan fingerprint density at radius 2 is 1.52 bits per heavy atom. The van der Waals surface area contributed by atoms with Gasteiger partial charge in [-0.1, -0.05) is 12.1 Å². The molecule has 0 aliphatic heterocycles. The van der Waals surface area contributed by atoms with E-state index in [9.17, 15) is 17.2 Å². The van der Waals surface area contributed by atoms with Crippen LogP contribution in [0.4, 0.5) is 8.78 Å². The van der Waals surface area contributed by atoms with Crippen molar-refractivity contribution in [2.24, 2.45) is 0 Å². The molecule has 4 nitrogen and oxygen atoms in total. The highest BCUT2D eigenvalue weighted by Crippen LogP contribution is 2.27. The first-order chi connectivity index (χ1) is 12.8. The lowest BCUT2D eigenvalue weighted by Gasteiger charge is -2.07. The van der Waals surface area contributed by atoms with E-state index in [1.165, 1.54) is 18.2 Å². The van der Waals surface area contributed by atoms with Crippen LogP contribution >= 0.6 is 0 Å². The summed E-state index contributed by atoms with van der Waals surface area (Å²) in [6.45, 7) is 0. The normalized spacial score (nSPS) is 11.8. The molecule has 0 saturated carbocycles. The van der Waals surface area contributed by atoms with Gasteiger partial charge in [-0.2, -0.15) is 0 Å². The standard InChI is InChI=1S/C20H14F2N2O2S/c1-27(25,26)16-6-4-15(5-7-16)24-12-23-19-9-3-14(11-20(19)24)13-2-8-17(21)18(22)10-13/h2-12H,1H3. The van der Waals surface area contributed by atoms with E-state index in [0.717, 1.165) is 40.7 Å². The molecule has 0 radical (unpaired) electrons. The second-order valence-corrected chi connectivity index (χ2v) is 8.23. The molecule has 0 aliphatic carbocycles. The Hall–Kier alpha value is -3.06. The van der Waals surface area contributed by atoms with E-state index in [1.54, 1.807) is 30.6 Å². The molecule has 0 atom stereocenters. The fraction of sp³-hybridized carbons (Fsp3) is 0.0500. The fourth-order valence-corrected chi connectivity index (χ4v) is 3.55. The monoisotopic (exact) mass is 384 g/mol. The molecular formula is C20H14F2N2O2S. The van der Waals surface area contributed by atoms with Crippen molar-refractivity contribution < 1.29 is 17.2 Å². The van der Waals surface area contributed by atoms with Crippen molar-refractivity contribution in [2.75, 3.05) is 6.26 Å². The number of aromatic nitrogens is 2. The molecule has 0 N–H and O–H groups in total. The molecule has 0 aliphatic rings. The topological polar surface area (TPSA) is 52.0 Å². The number of hydrogen-bond donors (Lipinski definition) is 0. The maximum atomic E-state index is 13.6. The maximum Gasteiger partial charge on any atom is 0.175 e.